The molecule has 0 aliphatic carbocycles. The molecular weight excluding hydrogens is 254 g/mol. The summed E-state index contributed by atoms with van der Waals surface area (Å²) < 4.78 is 0. The quantitative estimate of drug-likeness (QED) is 0.860. The van der Waals surface area contributed by atoms with Gasteiger partial charge in [-0.25, -0.2) is 4.98 Å². The molecule has 2 rings (SSSR count). The molecule has 0 aromatic carbocycles. The SMILES string of the molecule is CCCNc1cc(C(=O)N2CCC(C(C)O)C2)ccn1. The molecule has 1 aromatic rings. The Labute approximate surface area is 120 Å². The summed E-state index contributed by atoms with van der Waals surface area (Å²) in [6.07, 6.45) is 3.19. The minimum Gasteiger partial charge on any atom is -0.393 e. The highest BCUT2D eigenvalue weighted by Crippen LogP contribution is 2.22. The summed E-state index contributed by atoms with van der Waals surface area (Å²) in [6.45, 7) is 6.07. The van der Waals surface area contributed by atoms with Gasteiger partial charge in [-0.15, -0.1) is 0 Å². The fourth-order valence-electron chi connectivity index (χ4n) is 2.46. The second-order valence-corrected chi connectivity index (χ2v) is 5.40. The highest BCUT2D eigenvalue weighted by molar-refractivity contribution is 5.95. The Morgan fingerprint density at radius 3 is 3.10 bits per heavy atom. The number of aromatic nitrogens is 1. The number of carbonyl (C=O) groups excluding carboxylic acids is 1. The smallest absolute Gasteiger partial charge is 0.254 e. The molecule has 2 N–H and O–H groups in total. The zero-order chi connectivity index (χ0) is 14.5. The van der Waals surface area contributed by atoms with E-state index in [0.29, 0.717) is 18.7 Å². The number of carbonyl (C=O) groups is 1. The van der Waals surface area contributed by atoms with Crippen LogP contribution >= 0.6 is 0 Å². The molecule has 1 aliphatic rings. The predicted molar refractivity (Wildman–Crippen MR) is 78.7 cm³/mol. The lowest BCUT2D eigenvalue weighted by molar-refractivity contribution is 0.0762. The molecule has 1 saturated heterocycles. The zero-order valence-corrected chi connectivity index (χ0v) is 12.2. The summed E-state index contributed by atoms with van der Waals surface area (Å²) >= 11 is 0. The largest absolute Gasteiger partial charge is 0.393 e. The molecule has 2 heterocycles. The maximum absolute atomic E-state index is 12.4. The van der Waals surface area contributed by atoms with Gasteiger partial charge in [-0.3, -0.25) is 4.79 Å². The lowest BCUT2D eigenvalue weighted by atomic mass is 10.0. The average Bonchev–Trinajstić information content (AvgIpc) is 2.94. The van der Waals surface area contributed by atoms with Gasteiger partial charge in [0, 0.05) is 37.3 Å². The number of hydrogen-bond donors (Lipinski definition) is 2. The van der Waals surface area contributed by atoms with E-state index < -0.39 is 0 Å². The predicted octanol–water partition coefficient (Wildman–Crippen LogP) is 1.75. The van der Waals surface area contributed by atoms with Gasteiger partial charge in [0.15, 0.2) is 0 Å². The van der Waals surface area contributed by atoms with E-state index in [-0.39, 0.29) is 17.9 Å². The van der Waals surface area contributed by atoms with Crippen molar-refractivity contribution < 1.29 is 9.90 Å². The van der Waals surface area contributed by atoms with Crippen LogP contribution in [0.1, 0.15) is 37.0 Å². The summed E-state index contributed by atoms with van der Waals surface area (Å²) in [5.41, 5.74) is 0.657. The molecule has 1 aliphatic heterocycles. The van der Waals surface area contributed by atoms with E-state index in [4.69, 9.17) is 0 Å². The molecule has 0 radical (unpaired) electrons. The van der Waals surface area contributed by atoms with Crippen LogP contribution in [0, 0.1) is 5.92 Å². The molecule has 2 unspecified atom stereocenters. The van der Waals surface area contributed by atoms with E-state index in [1.165, 1.54) is 0 Å². The Bertz CT molecular complexity index is 462. The van der Waals surface area contributed by atoms with E-state index in [0.717, 1.165) is 25.2 Å². The van der Waals surface area contributed by atoms with Crippen LogP contribution in [-0.2, 0) is 0 Å². The first-order valence-corrected chi connectivity index (χ1v) is 7.29. The van der Waals surface area contributed by atoms with Crippen LogP contribution in [0.15, 0.2) is 18.3 Å². The maximum Gasteiger partial charge on any atom is 0.254 e. The molecule has 5 heteroatoms. The number of amides is 1. The number of anilines is 1. The Hall–Kier alpha value is -1.62. The minimum absolute atomic E-state index is 0.0232. The van der Waals surface area contributed by atoms with Crippen LogP contribution in [0.3, 0.4) is 0 Å². The second-order valence-electron chi connectivity index (χ2n) is 5.40. The lowest BCUT2D eigenvalue weighted by Gasteiger charge is -2.18. The minimum atomic E-state index is -0.355. The Morgan fingerprint density at radius 2 is 2.45 bits per heavy atom. The molecule has 110 valence electrons. The van der Waals surface area contributed by atoms with Gasteiger partial charge in [-0.05, 0) is 31.9 Å². The van der Waals surface area contributed by atoms with Gasteiger partial charge in [-0.2, -0.15) is 0 Å². The molecule has 0 saturated carbocycles. The van der Waals surface area contributed by atoms with Crippen molar-refractivity contribution >= 4 is 11.7 Å². The summed E-state index contributed by atoms with van der Waals surface area (Å²) in [5, 5.41) is 12.8. The van der Waals surface area contributed by atoms with Crippen molar-refractivity contribution in [2.24, 2.45) is 5.92 Å². The Kier molecular flexibility index (Phi) is 4.95. The number of hydrogen-bond acceptors (Lipinski definition) is 4. The first-order valence-electron chi connectivity index (χ1n) is 7.29. The van der Waals surface area contributed by atoms with Crippen molar-refractivity contribution in [1.29, 1.82) is 0 Å². The van der Waals surface area contributed by atoms with Crippen LogP contribution in [0.5, 0.6) is 0 Å². The van der Waals surface area contributed by atoms with E-state index >= 15 is 0 Å². The van der Waals surface area contributed by atoms with Gasteiger partial charge in [0.1, 0.15) is 5.82 Å². The highest BCUT2D eigenvalue weighted by atomic mass is 16.3. The average molecular weight is 277 g/mol. The molecule has 1 aromatic heterocycles. The normalized spacial score (nSPS) is 19.9. The number of likely N-dealkylation sites (tertiary alicyclic amines) is 1. The van der Waals surface area contributed by atoms with Crippen molar-refractivity contribution in [3.05, 3.63) is 23.9 Å². The van der Waals surface area contributed by atoms with Crippen molar-refractivity contribution in [2.75, 3.05) is 25.0 Å². The number of aliphatic hydroxyl groups is 1. The first kappa shape index (κ1) is 14.8. The van der Waals surface area contributed by atoms with Crippen molar-refractivity contribution in [3.8, 4) is 0 Å². The maximum atomic E-state index is 12.4. The number of nitrogens with one attached hydrogen (secondary N) is 1. The van der Waals surface area contributed by atoms with Crippen molar-refractivity contribution in [3.63, 3.8) is 0 Å². The molecule has 5 nitrogen and oxygen atoms in total. The van der Waals surface area contributed by atoms with Gasteiger partial charge in [0.05, 0.1) is 6.10 Å². The third kappa shape index (κ3) is 3.48. The summed E-state index contributed by atoms with van der Waals surface area (Å²) in [6, 6.07) is 3.54. The van der Waals surface area contributed by atoms with Gasteiger partial charge in [0.25, 0.3) is 5.91 Å². The third-order valence-electron chi connectivity index (χ3n) is 3.76. The topological polar surface area (TPSA) is 65.5 Å². The summed E-state index contributed by atoms with van der Waals surface area (Å²) in [4.78, 5) is 18.5. The van der Waals surface area contributed by atoms with Gasteiger partial charge in [-0.1, -0.05) is 6.92 Å². The van der Waals surface area contributed by atoms with Crippen LogP contribution in [-0.4, -0.2) is 46.6 Å². The molecule has 1 fully saturated rings. The lowest BCUT2D eigenvalue weighted by Crippen LogP contribution is -2.30. The summed E-state index contributed by atoms with van der Waals surface area (Å²) in [5.74, 6) is 0.956. The van der Waals surface area contributed by atoms with E-state index in [1.807, 2.05) is 4.90 Å². The van der Waals surface area contributed by atoms with Crippen LogP contribution in [0.4, 0.5) is 5.82 Å². The number of rotatable bonds is 5. The van der Waals surface area contributed by atoms with Crippen LogP contribution in [0.25, 0.3) is 0 Å². The second kappa shape index (κ2) is 6.70. The fraction of sp³-hybridized carbons (Fsp3) is 0.600. The van der Waals surface area contributed by atoms with Crippen molar-refractivity contribution in [2.45, 2.75) is 32.8 Å². The van der Waals surface area contributed by atoms with Gasteiger partial charge < -0.3 is 15.3 Å². The Morgan fingerprint density at radius 1 is 1.65 bits per heavy atom. The van der Waals surface area contributed by atoms with Crippen molar-refractivity contribution in [1.82, 2.24) is 9.88 Å². The zero-order valence-electron chi connectivity index (χ0n) is 12.2. The van der Waals surface area contributed by atoms with Gasteiger partial charge in [0.2, 0.25) is 0 Å². The van der Waals surface area contributed by atoms with E-state index in [9.17, 15) is 9.90 Å². The number of nitrogens with zero attached hydrogens (tertiary/aromatic N) is 2. The standard InChI is InChI=1S/C15H23N3O2/c1-3-6-16-14-9-12(4-7-17-14)15(20)18-8-5-13(10-18)11(2)19/h4,7,9,11,13,19H,3,5-6,8,10H2,1-2H3,(H,16,17). The number of pyridine rings is 1. The molecule has 0 bridgehead atoms. The Balaban J connectivity index is 2.02. The first-order chi connectivity index (χ1) is 9.61. The monoisotopic (exact) mass is 277 g/mol. The van der Waals surface area contributed by atoms with E-state index in [2.05, 4.69) is 17.2 Å². The molecule has 20 heavy (non-hydrogen) atoms. The van der Waals surface area contributed by atoms with E-state index in [1.54, 1.807) is 25.3 Å². The fourth-order valence-corrected chi connectivity index (χ4v) is 2.46. The summed E-state index contributed by atoms with van der Waals surface area (Å²) in [7, 11) is 0. The third-order valence-corrected chi connectivity index (χ3v) is 3.76. The molecule has 1 amide bonds. The number of aliphatic hydroxyl groups excluding tert-OH is 1. The van der Waals surface area contributed by atoms with Gasteiger partial charge >= 0.3 is 0 Å². The molecule has 0 spiro atoms. The van der Waals surface area contributed by atoms with Crippen LogP contribution < -0.4 is 5.32 Å². The molecular formula is C15H23N3O2. The highest BCUT2D eigenvalue weighted by Gasteiger charge is 2.29. The molecule has 2 atom stereocenters. The van der Waals surface area contributed by atoms with Crippen LogP contribution in [0.2, 0.25) is 0 Å².